The van der Waals surface area contributed by atoms with Gasteiger partial charge >= 0.3 is 12.1 Å². The Labute approximate surface area is 241 Å². The lowest BCUT2D eigenvalue weighted by Gasteiger charge is -2.49. The molecule has 0 bridgehead atoms. The normalized spacial score (nSPS) is 28.2. The molecule has 41 heavy (non-hydrogen) atoms. The van der Waals surface area contributed by atoms with Crippen molar-refractivity contribution in [3.05, 3.63) is 29.3 Å². The fourth-order valence-corrected chi connectivity index (χ4v) is 9.51. The van der Waals surface area contributed by atoms with Crippen molar-refractivity contribution in [3.63, 3.8) is 0 Å². The monoisotopic (exact) mass is 608 g/mol. The molecule has 4 nitrogen and oxygen atoms in total. The number of aliphatic hydroxyl groups is 1. The number of alkyl halides is 5. The molecule has 2 N–H and O–H groups in total. The SMILES string of the molecule is O=S(=O)(CCCCCCCCC[C@@H]1Cc2cc(O)ccc2[C@H]2CC[C@H]3[C@@H](CC[C@@H]3O)[C@H]12)CCCC(F)(F)C(F)(F)F. The Morgan fingerprint density at radius 2 is 1.44 bits per heavy atom. The van der Waals surface area contributed by atoms with Gasteiger partial charge in [0, 0.05) is 6.42 Å². The van der Waals surface area contributed by atoms with Crippen LogP contribution >= 0.6 is 0 Å². The van der Waals surface area contributed by atoms with Crippen LogP contribution in [0.4, 0.5) is 22.0 Å². The van der Waals surface area contributed by atoms with Gasteiger partial charge in [0.25, 0.3) is 0 Å². The zero-order chi connectivity index (χ0) is 29.8. The molecule has 3 aliphatic carbocycles. The average Bonchev–Trinajstić information content (AvgIpc) is 3.27. The number of fused-ring (bicyclic) bond motifs is 5. The molecule has 3 aliphatic rings. The van der Waals surface area contributed by atoms with Gasteiger partial charge < -0.3 is 10.2 Å². The zero-order valence-electron chi connectivity index (χ0n) is 23.7. The molecule has 0 aliphatic heterocycles. The van der Waals surface area contributed by atoms with E-state index in [-0.39, 0.29) is 11.9 Å². The molecule has 234 valence electrons. The Morgan fingerprint density at radius 3 is 2.15 bits per heavy atom. The van der Waals surface area contributed by atoms with E-state index < -0.39 is 40.5 Å². The molecule has 1 aromatic rings. The second kappa shape index (κ2) is 13.5. The molecule has 1 aromatic carbocycles. The van der Waals surface area contributed by atoms with E-state index in [9.17, 15) is 40.6 Å². The van der Waals surface area contributed by atoms with Gasteiger partial charge in [-0.3, -0.25) is 0 Å². The summed E-state index contributed by atoms with van der Waals surface area (Å²) in [4.78, 5) is 0. The van der Waals surface area contributed by atoms with Gasteiger partial charge in [-0.1, -0.05) is 44.6 Å². The van der Waals surface area contributed by atoms with Crippen molar-refractivity contribution in [2.24, 2.45) is 23.7 Å². The van der Waals surface area contributed by atoms with Gasteiger partial charge in [-0.25, -0.2) is 8.42 Å². The van der Waals surface area contributed by atoms with Crippen molar-refractivity contribution in [1.29, 1.82) is 0 Å². The average molecular weight is 609 g/mol. The van der Waals surface area contributed by atoms with Gasteiger partial charge in [-0.05, 0) is 104 Å². The van der Waals surface area contributed by atoms with Crippen LogP contribution in [-0.2, 0) is 16.3 Å². The molecule has 0 aromatic heterocycles. The summed E-state index contributed by atoms with van der Waals surface area (Å²) >= 11 is 0. The highest BCUT2D eigenvalue weighted by atomic mass is 32.2. The highest BCUT2D eigenvalue weighted by molar-refractivity contribution is 7.91. The Morgan fingerprint density at radius 1 is 0.805 bits per heavy atom. The van der Waals surface area contributed by atoms with Crippen LogP contribution in [-0.4, -0.2) is 48.3 Å². The fourth-order valence-electron chi connectivity index (χ4n) is 8.08. The molecule has 6 atom stereocenters. The number of halogens is 5. The topological polar surface area (TPSA) is 74.6 Å². The predicted octanol–water partition coefficient (Wildman–Crippen LogP) is 7.96. The molecule has 10 heteroatoms. The summed E-state index contributed by atoms with van der Waals surface area (Å²) in [5, 5.41) is 20.7. The first-order valence-corrected chi connectivity index (χ1v) is 17.3. The van der Waals surface area contributed by atoms with Crippen molar-refractivity contribution in [1.82, 2.24) is 0 Å². The van der Waals surface area contributed by atoms with Crippen molar-refractivity contribution in [2.75, 3.05) is 11.5 Å². The minimum Gasteiger partial charge on any atom is -0.508 e. The van der Waals surface area contributed by atoms with E-state index in [1.807, 2.05) is 6.07 Å². The molecule has 2 saturated carbocycles. The lowest BCUT2D eigenvalue weighted by Crippen LogP contribution is -2.41. The first-order chi connectivity index (χ1) is 19.3. The number of phenolic OH excluding ortho intramolecular Hbond substituents is 1. The van der Waals surface area contributed by atoms with E-state index in [1.165, 1.54) is 11.1 Å². The lowest BCUT2D eigenvalue weighted by atomic mass is 9.56. The fraction of sp³-hybridized carbons (Fsp3) is 0.806. The third kappa shape index (κ3) is 8.15. The second-order valence-corrected chi connectivity index (χ2v) is 15.1. The Hall–Kier alpha value is -1.42. The van der Waals surface area contributed by atoms with E-state index >= 15 is 0 Å². The molecular formula is C31H45F5O4S. The van der Waals surface area contributed by atoms with Crippen LogP contribution in [0.1, 0.15) is 107 Å². The van der Waals surface area contributed by atoms with Crippen LogP contribution in [0.15, 0.2) is 18.2 Å². The summed E-state index contributed by atoms with van der Waals surface area (Å²) in [5.41, 5.74) is 2.67. The number of aromatic hydroxyl groups is 1. The third-order valence-corrected chi connectivity index (χ3v) is 11.9. The Bertz CT molecular complexity index is 1110. The summed E-state index contributed by atoms with van der Waals surface area (Å²) < 4.78 is 86.6. The zero-order valence-corrected chi connectivity index (χ0v) is 24.5. The molecule has 0 spiro atoms. The maximum atomic E-state index is 13.0. The number of sulfone groups is 1. The summed E-state index contributed by atoms with van der Waals surface area (Å²) in [6, 6.07) is 5.86. The molecule has 4 rings (SSSR count). The van der Waals surface area contributed by atoms with Gasteiger partial charge in [0.15, 0.2) is 0 Å². The second-order valence-electron chi connectivity index (χ2n) is 12.8. The quantitative estimate of drug-likeness (QED) is 0.166. The lowest BCUT2D eigenvalue weighted by molar-refractivity contribution is -0.284. The molecule has 0 amide bonds. The van der Waals surface area contributed by atoms with E-state index in [0.29, 0.717) is 48.2 Å². The summed E-state index contributed by atoms with van der Waals surface area (Å²) in [6.45, 7) is 0. The van der Waals surface area contributed by atoms with Crippen molar-refractivity contribution in [2.45, 2.75) is 120 Å². The number of unbranched alkanes of at least 4 members (excludes halogenated alkanes) is 6. The smallest absolute Gasteiger partial charge is 0.453 e. The maximum absolute atomic E-state index is 13.0. The Balaban J connectivity index is 1.15. The van der Waals surface area contributed by atoms with Crippen molar-refractivity contribution in [3.8, 4) is 5.75 Å². The molecule has 0 saturated heterocycles. The van der Waals surface area contributed by atoms with E-state index in [2.05, 4.69) is 6.07 Å². The number of hydrogen-bond donors (Lipinski definition) is 2. The van der Waals surface area contributed by atoms with Crippen LogP contribution in [0.3, 0.4) is 0 Å². The molecule has 2 fully saturated rings. The van der Waals surface area contributed by atoms with Crippen LogP contribution in [0, 0.1) is 23.7 Å². The van der Waals surface area contributed by atoms with E-state index in [1.54, 1.807) is 6.07 Å². The number of aliphatic hydroxyl groups excluding tert-OH is 1. The molecule has 0 radical (unpaired) electrons. The van der Waals surface area contributed by atoms with E-state index in [0.717, 1.165) is 70.6 Å². The summed E-state index contributed by atoms with van der Waals surface area (Å²) in [6.07, 6.45) is 4.44. The van der Waals surface area contributed by atoms with Gasteiger partial charge in [-0.15, -0.1) is 0 Å². The standard InChI is InChI=1S/C31H45F5O4S/c32-30(33,31(34,35)36)16-8-18-41(39,40)17-7-5-3-1-2-4-6-9-21-19-22-20-23(37)10-11-24(22)26-13-12-25-27(29(21)26)14-15-28(25)38/h10-11,20-21,25-29,37-38H,1-9,12-19H2/t21-,25+,26-,27-,28+,29-/m1/s1. The molecule has 0 heterocycles. The van der Waals surface area contributed by atoms with Gasteiger partial charge in [-0.2, -0.15) is 22.0 Å². The third-order valence-electron chi connectivity index (χ3n) is 10.1. The number of benzene rings is 1. The summed E-state index contributed by atoms with van der Waals surface area (Å²) in [7, 11) is -3.64. The predicted molar refractivity (Wildman–Crippen MR) is 149 cm³/mol. The van der Waals surface area contributed by atoms with Gasteiger partial charge in [0.05, 0.1) is 17.6 Å². The van der Waals surface area contributed by atoms with E-state index in [4.69, 9.17) is 0 Å². The van der Waals surface area contributed by atoms with Gasteiger partial charge in [0.1, 0.15) is 15.6 Å². The van der Waals surface area contributed by atoms with Crippen molar-refractivity contribution < 1.29 is 40.6 Å². The molecule has 0 unspecified atom stereocenters. The maximum Gasteiger partial charge on any atom is 0.453 e. The number of rotatable bonds is 14. The number of hydrogen-bond acceptors (Lipinski definition) is 4. The first-order valence-electron chi connectivity index (χ1n) is 15.4. The van der Waals surface area contributed by atoms with Crippen LogP contribution in [0.5, 0.6) is 5.75 Å². The van der Waals surface area contributed by atoms with Crippen LogP contribution in [0.2, 0.25) is 0 Å². The highest BCUT2D eigenvalue weighted by Gasteiger charge is 2.56. The first kappa shape index (κ1) is 32.5. The van der Waals surface area contributed by atoms with Crippen LogP contribution < -0.4 is 0 Å². The molecular weight excluding hydrogens is 563 g/mol. The largest absolute Gasteiger partial charge is 0.508 e. The summed E-state index contributed by atoms with van der Waals surface area (Å²) in [5.74, 6) is -2.72. The minimum absolute atomic E-state index is 0.170. The van der Waals surface area contributed by atoms with Crippen molar-refractivity contribution >= 4 is 9.84 Å². The Kier molecular flexibility index (Phi) is 10.7. The highest BCUT2D eigenvalue weighted by Crippen LogP contribution is 2.57. The minimum atomic E-state index is -5.65. The number of phenols is 1. The van der Waals surface area contributed by atoms with Crippen LogP contribution in [0.25, 0.3) is 0 Å². The van der Waals surface area contributed by atoms with Gasteiger partial charge in [0.2, 0.25) is 0 Å².